The van der Waals surface area contributed by atoms with Gasteiger partial charge in [0.25, 0.3) is 0 Å². The molecular formula is C12H22N2O4. The molecule has 0 radical (unpaired) electrons. The molecule has 0 spiro atoms. The van der Waals surface area contributed by atoms with Crippen LogP contribution in [0.15, 0.2) is 0 Å². The summed E-state index contributed by atoms with van der Waals surface area (Å²) in [5.74, 6) is -0.769. The van der Waals surface area contributed by atoms with Crippen LogP contribution >= 0.6 is 0 Å². The molecule has 0 aromatic carbocycles. The first-order valence-electron chi connectivity index (χ1n) is 6.05. The Kier molecular flexibility index (Phi) is 4.70. The molecule has 0 aromatic heterocycles. The molecule has 6 heteroatoms. The van der Waals surface area contributed by atoms with Crippen LogP contribution in [0.4, 0.5) is 0 Å². The van der Waals surface area contributed by atoms with Crippen LogP contribution in [0.3, 0.4) is 0 Å². The summed E-state index contributed by atoms with van der Waals surface area (Å²) >= 11 is 0. The van der Waals surface area contributed by atoms with Gasteiger partial charge in [0.05, 0.1) is 25.7 Å². The van der Waals surface area contributed by atoms with E-state index in [2.05, 4.69) is 10.1 Å². The van der Waals surface area contributed by atoms with E-state index in [9.17, 15) is 9.59 Å². The van der Waals surface area contributed by atoms with Gasteiger partial charge in [-0.05, 0) is 12.8 Å². The zero-order chi connectivity index (χ0) is 13.9. The van der Waals surface area contributed by atoms with E-state index in [4.69, 9.17) is 10.5 Å². The summed E-state index contributed by atoms with van der Waals surface area (Å²) in [7, 11) is 1.30. The predicted octanol–water partition coefficient (Wildman–Crippen LogP) is -0.336. The molecule has 1 rings (SSSR count). The van der Waals surface area contributed by atoms with Gasteiger partial charge in [-0.1, -0.05) is 13.8 Å². The number of ether oxygens (including phenoxy) is 2. The molecule has 1 aliphatic heterocycles. The van der Waals surface area contributed by atoms with Gasteiger partial charge in [-0.25, -0.2) is 4.79 Å². The Morgan fingerprint density at radius 3 is 2.50 bits per heavy atom. The highest BCUT2D eigenvalue weighted by Crippen LogP contribution is 2.27. The van der Waals surface area contributed by atoms with Crippen molar-refractivity contribution in [2.45, 2.75) is 32.9 Å². The Hall–Kier alpha value is -1.14. The van der Waals surface area contributed by atoms with Crippen molar-refractivity contribution >= 4 is 11.9 Å². The first-order valence-corrected chi connectivity index (χ1v) is 6.05. The predicted molar refractivity (Wildman–Crippen MR) is 65.7 cm³/mol. The Bertz CT molecular complexity index is 332. The first-order chi connectivity index (χ1) is 8.32. The van der Waals surface area contributed by atoms with E-state index in [1.807, 2.05) is 13.8 Å². The molecule has 0 aromatic rings. The monoisotopic (exact) mass is 258 g/mol. The van der Waals surface area contributed by atoms with Crippen LogP contribution in [-0.2, 0) is 19.1 Å². The topological polar surface area (TPSA) is 90.6 Å². The third-order valence-electron chi connectivity index (χ3n) is 3.44. The maximum absolute atomic E-state index is 12.2. The van der Waals surface area contributed by atoms with Crippen molar-refractivity contribution in [2.24, 2.45) is 17.1 Å². The second kappa shape index (κ2) is 5.67. The highest BCUT2D eigenvalue weighted by Gasteiger charge is 2.45. The van der Waals surface area contributed by atoms with Gasteiger partial charge >= 0.3 is 5.97 Å². The van der Waals surface area contributed by atoms with Crippen LogP contribution < -0.4 is 11.1 Å². The summed E-state index contributed by atoms with van der Waals surface area (Å²) in [5.41, 5.74) is 5.08. The van der Waals surface area contributed by atoms with Gasteiger partial charge in [0.1, 0.15) is 6.04 Å². The van der Waals surface area contributed by atoms with Crippen molar-refractivity contribution in [1.82, 2.24) is 5.32 Å². The number of carbonyl (C=O) groups is 2. The fraction of sp³-hybridized carbons (Fsp3) is 0.833. The average molecular weight is 258 g/mol. The van der Waals surface area contributed by atoms with E-state index < -0.39 is 17.4 Å². The number of hydrogen-bond donors (Lipinski definition) is 2. The van der Waals surface area contributed by atoms with E-state index in [1.54, 1.807) is 6.92 Å². The molecule has 3 atom stereocenters. The highest BCUT2D eigenvalue weighted by molar-refractivity contribution is 5.88. The fourth-order valence-corrected chi connectivity index (χ4v) is 1.85. The van der Waals surface area contributed by atoms with Crippen molar-refractivity contribution < 1.29 is 19.1 Å². The number of esters is 1. The Morgan fingerprint density at radius 2 is 2.11 bits per heavy atom. The molecule has 104 valence electrons. The largest absolute Gasteiger partial charge is 0.467 e. The number of nitrogens with two attached hydrogens (primary N) is 1. The second-order valence-electron chi connectivity index (χ2n) is 5.26. The summed E-state index contributed by atoms with van der Waals surface area (Å²) in [6, 6.07) is -1.02. The maximum Gasteiger partial charge on any atom is 0.328 e. The summed E-state index contributed by atoms with van der Waals surface area (Å²) < 4.78 is 9.90. The fourth-order valence-electron chi connectivity index (χ4n) is 1.85. The van der Waals surface area contributed by atoms with Gasteiger partial charge in [-0.15, -0.1) is 0 Å². The minimum absolute atomic E-state index is 0.0523. The lowest BCUT2D eigenvalue weighted by molar-refractivity contribution is -0.148. The lowest BCUT2D eigenvalue weighted by Crippen LogP contribution is -2.55. The summed E-state index contributed by atoms with van der Waals surface area (Å²) in [6.07, 6.45) is 0. The number of methoxy groups -OCH3 is 1. The molecule has 0 bridgehead atoms. The molecule has 3 N–H and O–H groups in total. The minimum Gasteiger partial charge on any atom is -0.467 e. The zero-order valence-corrected chi connectivity index (χ0v) is 11.4. The Morgan fingerprint density at radius 1 is 1.50 bits per heavy atom. The molecule has 18 heavy (non-hydrogen) atoms. The highest BCUT2D eigenvalue weighted by atomic mass is 16.5. The number of carbonyl (C=O) groups excluding carboxylic acids is 2. The Balaban J connectivity index is 2.76. The molecule has 6 nitrogen and oxygen atoms in total. The molecule has 0 aliphatic carbocycles. The van der Waals surface area contributed by atoms with Crippen molar-refractivity contribution in [2.75, 3.05) is 20.3 Å². The minimum atomic E-state index is -0.791. The molecule has 1 fully saturated rings. The van der Waals surface area contributed by atoms with Crippen LogP contribution in [0, 0.1) is 11.3 Å². The summed E-state index contributed by atoms with van der Waals surface area (Å²) in [4.78, 5) is 23.8. The molecule has 1 amide bonds. The molecule has 1 aliphatic rings. The average Bonchev–Trinajstić information content (AvgIpc) is 2.66. The lowest BCUT2D eigenvalue weighted by Gasteiger charge is -2.29. The second-order valence-corrected chi connectivity index (χ2v) is 5.26. The van der Waals surface area contributed by atoms with Crippen LogP contribution in [0.2, 0.25) is 0 Å². The first kappa shape index (κ1) is 14.9. The van der Waals surface area contributed by atoms with Gasteiger partial charge in [0, 0.05) is 6.04 Å². The van der Waals surface area contributed by atoms with E-state index in [-0.39, 0.29) is 24.5 Å². The number of hydrogen-bond acceptors (Lipinski definition) is 5. The molecule has 3 unspecified atom stereocenters. The maximum atomic E-state index is 12.2. The third kappa shape index (κ3) is 2.81. The van der Waals surface area contributed by atoms with Gasteiger partial charge in [0.2, 0.25) is 5.91 Å². The van der Waals surface area contributed by atoms with Crippen molar-refractivity contribution in [3.8, 4) is 0 Å². The van der Waals surface area contributed by atoms with Crippen molar-refractivity contribution in [3.05, 3.63) is 0 Å². The number of nitrogens with one attached hydrogen (secondary N) is 1. The van der Waals surface area contributed by atoms with Gasteiger partial charge in [0.15, 0.2) is 0 Å². The number of amides is 1. The van der Waals surface area contributed by atoms with E-state index in [0.717, 1.165) is 0 Å². The third-order valence-corrected chi connectivity index (χ3v) is 3.44. The normalized spacial score (nSPS) is 29.1. The quantitative estimate of drug-likeness (QED) is 0.673. The molecule has 0 saturated carbocycles. The van der Waals surface area contributed by atoms with E-state index in [1.165, 1.54) is 7.11 Å². The SMILES string of the molecule is COC(=O)C(NC(=O)C1(C)COCC1N)C(C)C. The summed E-state index contributed by atoms with van der Waals surface area (Å²) in [5, 5.41) is 2.71. The van der Waals surface area contributed by atoms with Gasteiger partial charge in [-0.3, -0.25) is 4.79 Å². The van der Waals surface area contributed by atoms with Gasteiger partial charge < -0.3 is 20.5 Å². The van der Waals surface area contributed by atoms with Gasteiger partial charge in [-0.2, -0.15) is 0 Å². The van der Waals surface area contributed by atoms with E-state index in [0.29, 0.717) is 6.61 Å². The van der Waals surface area contributed by atoms with Crippen LogP contribution in [0.5, 0.6) is 0 Å². The van der Waals surface area contributed by atoms with Crippen LogP contribution in [0.25, 0.3) is 0 Å². The lowest BCUT2D eigenvalue weighted by atomic mass is 9.84. The standard InChI is InChI=1S/C12H22N2O4/c1-7(2)9(10(15)17-4)14-11(16)12(3)6-18-5-8(12)13/h7-9H,5-6,13H2,1-4H3,(H,14,16). The van der Waals surface area contributed by atoms with Crippen molar-refractivity contribution in [3.63, 3.8) is 0 Å². The summed E-state index contributed by atoms with van der Waals surface area (Å²) in [6.45, 7) is 6.06. The Labute approximate surface area is 107 Å². The van der Waals surface area contributed by atoms with Crippen molar-refractivity contribution in [1.29, 1.82) is 0 Å². The molecule has 1 heterocycles. The van der Waals surface area contributed by atoms with Crippen LogP contribution in [-0.4, -0.2) is 44.3 Å². The smallest absolute Gasteiger partial charge is 0.328 e. The number of rotatable bonds is 4. The zero-order valence-electron chi connectivity index (χ0n) is 11.4. The molecular weight excluding hydrogens is 236 g/mol. The molecule has 1 saturated heterocycles. The van der Waals surface area contributed by atoms with Crippen LogP contribution in [0.1, 0.15) is 20.8 Å². The van der Waals surface area contributed by atoms with E-state index >= 15 is 0 Å².